The van der Waals surface area contributed by atoms with Gasteiger partial charge in [0.2, 0.25) is 0 Å². The van der Waals surface area contributed by atoms with Crippen LogP contribution < -0.4 is 19.5 Å². The minimum absolute atomic E-state index is 0. The lowest BCUT2D eigenvalue weighted by atomic mass is 10.1. The highest BCUT2D eigenvalue weighted by Crippen LogP contribution is 2.29. The topological polar surface area (TPSA) is 120 Å². The fourth-order valence-corrected chi connectivity index (χ4v) is 4.45. The first-order valence-corrected chi connectivity index (χ1v) is 12.4. The number of hydrogen-bond donors (Lipinski definition) is 3. The van der Waals surface area contributed by atoms with Crippen LogP contribution in [-0.4, -0.2) is 60.6 Å². The van der Waals surface area contributed by atoms with Gasteiger partial charge in [-0.3, -0.25) is 0 Å². The van der Waals surface area contributed by atoms with Crippen LogP contribution >= 0.6 is 36.2 Å². The van der Waals surface area contributed by atoms with Crippen LogP contribution in [0.4, 0.5) is 0 Å². The fourth-order valence-electron chi connectivity index (χ4n) is 3.76. The second-order valence-electron chi connectivity index (χ2n) is 8.20. The number of halogens is 2. The lowest BCUT2D eigenvalue weighted by Gasteiger charge is -2.15. The summed E-state index contributed by atoms with van der Waals surface area (Å²) in [7, 11) is 3.25. The van der Waals surface area contributed by atoms with Crippen LogP contribution in [-0.2, 0) is 6.42 Å². The first-order chi connectivity index (χ1) is 17.1. The summed E-state index contributed by atoms with van der Waals surface area (Å²) in [5.74, 6) is 3.01. The van der Waals surface area contributed by atoms with Crippen molar-refractivity contribution in [2.75, 3.05) is 33.9 Å². The van der Waals surface area contributed by atoms with Crippen LogP contribution in [0, 0.1) is 6.92 Å². The molecule has 38 heavy (non-hydrogen) atoms. The number of aromatic nitrogens is 2. The standard InChI is InChI=1S/C27H31N3O4S.2ClH.H2O/c1-18-13-20(27-29-16-22(30-27)26-5-4-12-35-26)7-9-23(18)34-17-21(31)15-28-11-10-19-6-8-24(32-2)25(14-19)33-3;;;/h4-9,12-14,16,21,28,31H,10-11,15,17H2,1-3H3,(H,29,30);2*1H;1H2. The second kappa shape index (κ2) is 16.2. The molecule has 0 aliphatic carbocycles. The Bertz CT molecular complexity index is 1240. The van der Waals surface area contributed by atoms with E-state index in [-0.39, 0.29) is 36.9 Å². The first kappa shape index (κ1) is 33.2. The molecule has 1 atom stereocenters. The Morgan fingerprint density at radius 3 is 2.47 bits per heavy atom. The molecule has 2 aromatic carbocycles. The van der Waals surface area contributed by atoms with Gasteiger partial charge in [0, 0.05) is 18.3 Å². The molecule has 0 aliphatic rings. The maximum atomic E-state index is 10.3. The number of ether oxygens (including phenoxy) is 3. The Morgan fingerprint density at radius 1 is 1.03 bits per heavy atom. The minimum atomic E-state index is -0.613. The van der Waals surface area contributed by atoms with E-state index >= 15 is 0 Å². The van der Waals surface area contributed by atoms with E-state index in [1.165, 1.54) is 0 Å². The molecule has 0 radical (unpaired) electrons. The summed E-state index contributed by atoms with van der Waals surface area (Å²) in [5, 5.41) is 15.7. The Balaban J connectivity index is 0.00000241. The molecule has 8 nitrogen and oxygen atoms in total. The number of nitrogens with one attached hydrogen (secondary N) is 2. The summed E-state index contributed by atoms with van der Waals surface area (Å²) >= 11 is 1.67. The van der Waals surface area contributed by atoms with Crippen molar-refractivity contribution in [2.24, 2.45) is 0 Å². The number of rotatable bonds is 12. The SMILES string of the molecule is COc1ccc(CCNCC(O)COc2ccc(-c3nc(-c4cccs4)c[nH]3)cc2C)cc1OC.Cl.Cl.O. The van der Waals surface area contributed by atoms with E-state index in [9.17, 15) is 5.11 Å². The number of aliphatic hydroxyl groups is 1. The van der Waals surface area contributed by atoms with Gasteiger partial charge in [-0.05, 0) is 72.8 Å². The van der Waals surface area contributed by atoms with Crippen LogP contribution in [0.2, 0.25) is 0 Å². The zero-order chi connectivity index (χ0) is 24.6. The molecular weight excluding hydrogens is 549 g/mol. The van der Waals surface area contributed by atoms with Gasteiger partial charge in [-0.2, -0.15) is 0 Å². The van der Waals surface area contributed by atoms with E-state index in [0.717, 1.165) is 57.6 Å². The molecule has 4 rings (SSSR count). The monoisotopic (exact) mass is 583 g/mol. The highest BCUT2D eigenvalue weighted by molar-refractivity contribution is 7.13. The number of aliphatic hydroxyl groups excluding tert-OH is 1. The van der Waals surface area contributed by atoms with Gasteiger partial charge < -0.3 is 35.1 Å². The Morgan fingerprint density at radius 2 is 1.79 bits per heavy atom. The molecule has 0 bridgehead atoms. The van der Waals surface area contributed by atoms with Crippen molar-refractivity contribution >= 4 is 36.2 Å². The van der Waals surface area contributed by atoms with E-state index in [1.807, 2.05) is 61.0 Å². The first-order valence-electron chi connectivity index (χ1n) is 11.5. The van der Waals surface area contributed by atoms with Gasteiger partial charge in [0.1, 0.15) is 24.3 Å². The summed E-state index contributed by atoms with van der Waals surface area (Å²) in [5.41, 5.74) is 4.06. The smallest absolute Gasteiger partial charge is 0.160 e. The molecule has 0 fully saturated rings. The van der Waals surface area contributed by atoms with Gasteiger partial charge >= 0.3 is 0 Å². The fraction of sp³-hybridized carbons (Fsp3) is 0.296. The average Bonchev–Trinajstić information content (AvgIpc) is 3.58. The number of aryl methyl sites for hydroxylation is 1. The van der Waals surface area contributed by atoms with Crippen molar-refractivity contribution in [3.05, 3.63) is 71.2 Å². The van der Waals surface area contributed by atoms with Crippen molar-refractivity contribution in [2.45, 2.75) is 19.4 Å². The summed E-state index contributed by atoms with van der Waals surface area (Å²) in [6.07, 6.45) is 2.13. The molecule has 5 N–H and O–H groups in total. The average molecular weight is 585 g/mol. The molecule has 208 valence electrons. The second-order valence-corrected chi connectivity index (χ2v) is 9.15. The Labute approximate surface area is 239 Å². The predicted octanol–water partition coefficient (Wildman–Crippen LogP) is 4.72. The number of aromatic amines is 1. The maximum Gasteiger partial charge on any atom is 0.160 e. The molecule has 11 heteroatoms. The lowest BCUT2D eigenvalue weighted by molar-refractivity contribution is 0.106. The lowest BCUT2D eigenvalue weighted by Crippen LogP contribution is -2.32. The van der Waals surface area contributed by atoms with E-state index in [1.54, 1.807) is 25.6 Å². The summed E-state index contributed by atoms with van der Waals surface area (Å²) in [6.45, 7) is 3.39. The molecule has 2 heterocycles. The molecule has 1 unspecified atom stereocenters. The normalized spacial score (nSPS) is 10.9. The third kappa shape index (κ3) is 8.62. The number of methoxy groups -OCH3 is 2. The third-order valence-electron chi connectivity index (χ3n) is 5.65. The largest absolute Gasteiger partial charge is 0.493 e. The zero-order valence-corrected chi connectivity index (χ0v) is 24.0. The number of benzene rings is 2. The molecular formula is C27H35Cl2N3O5S. The molecule has 0 saturated carbocycles. The molecule has 0 aliphatic heterocycles. The van der Waals surface area contributed by atoms with Crippen LogP contribution in [0.3, 0.4) is 0 Å². The van der Waals surface area contributed by atoms with E-state index in [4.69, 9.17) is 19.2 Å². The highest BCUT2D eigenvalue weighted by Gasteiger charge is 2.11. The van der Waals surface area contributed by atoms with E-state index in [2.05, 4.69) is 16.4 Å². The summed E-state index contributed by atoms with van der Waals surface area (Å²) < 4.78 is 16.5. The molecule has 4 aromatic rings. The Kier molecular flexibility index (Phi) is 14.2. The summed E-state index contributed by atoms with van der Waals surface area (Å²) in [4.78, 5) is 9.09. The molecule has 0 saturated heterocycles. The number of imidazole rings is 1. The van der Waals surface area contributed by atoms with Crippen LogP contribution in [0.1, 0.15) is 11.1 Å². The number of thiophene rings is 1. The predicted molar refractivity (Wildman–Crippen MR) is 158 cm³/mol. The molecule has 0 amide bonds. The highest BCUT2D eigenvalue weighted by atomic mass is 35.5. The van der Waals surface area contributed by atoms with Crippen molar-refractivity contribution in [3.63, 3.8) is 0 Å². The number of H-pyrrole nitrogens is 1. The van der Waals surface area contributed by atoms with Crippen molar-refractivity contribution < 1.29 is 24.8 Å². The van der Waals surface area contributed by atoms with Gasteiger partial charge in [-0.15, -0.1) is 36.2 Å². The van der Waals surface area contributed by atoms with Gasteiger partial charge in [0.15, 0.2) is 11.5 Å². The van der Waals surface area contributed by atoms with Crippen molar-refractivity contribution in [1.82, 2.24) is 15.3 Å². The van der Waals surface area contributed by atoms with Gasteiger partial charge in [0.05, 0.1) is 24.8 Å². The summed E-state index contributed by atoms with van der Waals surface area (Å²) in [6, 6.07) is 15.9. The quantitative estimate of drug-likeness (QED) is 0.207. The van der Waals surface area contributed by atoms with Crippen LogP contribution in [0.25, 0.3) is 22.0 Å². The van der Waals surface area contributed by atoms with Crippen molar-refractivity contribution in [1.29, 1.82) is 0 Å². The number of hydrogen-bond acceptors (Lipinski definition) is 7. The Hall–Kier alpha value is -2.79. The van der Waals surface area contributed by atoms with E-state index in [0.29, 0.717) is 12.3 Å². The molecule has 2 aromatic heterocycles. The van der Waals surface area contributed by atoms with E-state index < -0.39 is 6.10 Å². The van der Waals surface area contributed by atoms with Gasteiger partial charge in [-0.1, -0.05) is 12.1 Å². The zero-order valence-electron chi connectivity index (χ0n) is 21.5. The minimum Gasteiger partial charge on any atom is -0.493 e. The van der Waals surface area contributed by atoms with Gasteiger partial charge in [-0.25, -0.2) is 4.98 Å². The van der Waals surface area contributed by atoms with Crippen LogP contribution in [0.15, 0.2) is 60.1 Å². The van der Waals surface area contributed by atoms with Crippen LogP contribution in [0.5, 0.6) is 17.2 Å². The molecule has 0 spiro atoms. The maximum absolute atomic E-state index is 10.3. The van der Waals surface area contributed by atoms with Gasteiger partial charge in [0.25, 0.3) is 0 Å². The number of nitrogens with zero attached hydrogens (tertiary/aromatic N) is 1. The third-order valence-corrected chi connectivity index (χ3v) is 6.54. The van der Waals surface area contributed by atoms with Crippen molar-refractivity contribution in [3.8, 4) is 39.2 Å².